The van der Waals surface area contributed by atoms with Crippen LogP contribution in [0.15, 0.2) is 29.8 Å². The molecular weight excluding hydrogens is 230 g/mol. The van der Waals surface area contributed by atoms with E-state index in [0.717, 1.165) is 17.9 Å². The Morgan fingerprint density at radius 1 is 1.41 bits per heavy atom. The number of nitriles is 1. The lowest BCUT2D eigenvalue weighted by Gasteiger charge is -2.19. The Morgan fingerprint density at radius 3 is 2.82 bits per heavy atom. The van der Waals surface area contributed by atoms with Gasteiger partial charge in [0.2, 0.25) is 0 Å². The monoisotopic (exact) mass is 243 g/mol. The number of nitrogens with zero attached hydrogens (tertiary/aromatic N) is 3. The quantitative estimate of drug-likeness (QED) is 0.832. The van der Waals surface area contributed by atoms with Gasteiger partial charge in [-0.15, -0.1) is 11.3 Å². The lowest BCUT2D eigenvalue weighted by molar-refractivity contribution is 0.924. The number of aromatic nitrogens is 1. The maximum Gasteiger partial charge on any atom is 0.101 e. The van der Waals surface area contributed by atoms with E-state index in [-0.39, 0.29) is 0 Å². The van der Waals surface area contributed by atoms with Gasteiger partial charge in [-0.2, -0.15) is 5.26 Å². The zero-order valence-corrected chi connectivity index (χ0v) is 10.7. The van der Waals surface area contributed by atoms with E-state index in [4.69, 9.17) is 5.26 Å². The predicted molar refractivity (Wildman–Crippen MR) is 70.1 cm³/mol. The topological polar surface area (TPSA) is 39.9 Å². The minimum atomic E-state index is 0.706. The SMILES string of the molecule is Cc1ncsc1CN(C)c1ccccc1C#N. The number of para-hydroxylation sites is 1. The lowest BCUT2D eigenvalue weighted by Crippen LogP contribution is -2.17. The van der Waals surface area contributed by atoms with Gasteiger partial charge in [0.25, 0.3) is 0 Å². The average Bonchev–Trinajstić information content (AvgIpc) is 2.75. The highest BCUT2D eigenvalue weighted by molar-refractivity contribution is 7.09. The first kappa shape index (κ1) is 11.6. The van der Waals surface area contributed by atoms with Gasteiger partial charge in [-0.05, 0) is 19.1 Å². The first-order valence-electron chi connectivity index (χ1n) is 5.31. The highest BCUT2D eigenvalue weighted by Gasteiger charge is 2.09. The van der Waals surface area contributed by atoms with E-state index >= 15 is 0 Å². The van der Waals surface area contributed by atoms with Crippen LogP contribution in [0.2, 0.25) is 0 Å². The van der Waals surface area contributed by atoms with E-state index in [1.807, 2.05) is 43.7 Å². The molecule has 0 saturated carbocycles. The van der Waals surface area contributed by atoms with Crippen LogP contribution in [0.4, 0.5) is 5.69 Å². The molecule has 2 rings (SSSR count). The van der Waals surface area contributed by atoms with Crippen molar-refractivity contribution >= 4 is 17.0 Å². The molecule has 86 valence electrons. The van der Waals surface area contributed by atoms with Crippen molar-refractivity contribution in [3.05, 3.63) is 45.9 Å². The summed E-state index contributed by atoms with van der Waals surface area (Å²) in [5.74, 6) is 0. The molecule has 1 heterocycles. The second-order valence-electron chi connectivity index (χ2n) is 3.85. The zero-order valence-electron chi connectivity index (χ0n) is 9.84. The molecule has 0 saturated heterocycles. The van der Waals surface area contributed by atoms with E-state index in [9.17, 15) is 0 Å². The summed E-state index contributed by atoms with van der Waals surface area (Å²) in [5, 5.41) is 9.06. The van der Waals surface area contributed by atoms with Gasteiger partial charge >= 0.3 is 0 Å². The van der Waals surface area contributed by atoms with Crippen LogP contribution < -0.4 is 4.90 Å². The van der Waals surface area contributed by atoms with Crippen molar-refractivity contribution in [1.29, 1.82) is 5.26 Å². The average molecular weight is 243 g/mol. The maximum absolute atomic E-state index is 9.06. The van der Waals surface area contributed by atoms with Crippen LogP contribution in [0.1, 0.15) is 16.1 Å². The van der Waals surface area contributed by atoms with Gasteiger partial charge in [0, 0.05) is 11.9 Å². The fraction of sp³-hybridized carbons (Fsp3) is 0.231. The normalized spacial score (nSPS) is 9.94. The van der Waals surface area contributed by atoms with Crippen molar-refractivity contribution in [2.24, 2.45) is 0 Å². The van der Waals surface area contributed by atoms with E-state index in [0.29, 0.717) is 5.56 Å². The van der Waals surface area contributed by atoms with Crippen molar-refractivity contribution in [2.45, 2.75) is 13.5 Å². The van der Waals surface area contributed by atoms with Crippen molar-refractivity contribution in [3.63, 3.8) is 0 Å². The van der Waals surface area contributed by atoms with Gasteiger partial charge in [0.05, 0.1) is 29.0 Å². The standard InChI is InChI=1S/C13H13N3S/c1-10-13(17-9-15-10)8-16(2)12-6-4-3-5-11(12)7-14/h3-6,9H,8H2,1-2H3. The number of aryl methyl sites for hydroxylation is 1. The minimum absolute atomic E-state index is 0.706. The summed E-state index contributed by atoms with van der Waals surface area (Å²) in [6.07, 6.45) is 0. The van der Waals surface area contributed by atoms with Gasteiger partial charge in [-0.25, -0.2) is 4.98 Å². The molecule has 1 aromatic carbocycles. The van der Waals surface area contributed by atoms with Crippen LogP contribution in [0.5, 0.6) is 0 Å². The van der Waals surface area contributed by atoms with E-state index < -0.39 is 0 Å². The van der Waals surface area contributed by atoms with E-state index in [1.54, 1.807) is 11.3 Å². The minimum Gasteiger partial charge on any atom is -0.368 e. The number of hydrogen-bond acceptors (Lipinski definition) is 4. The summed E-state index contributed by atoms with van der Waals surface area (Å²) < 4.78 is 0. The molecule has 0 fully saturated rings. The second-order valence-corrected chi connectivity index (χ2v) is 4.79. The van der Waals surface area contributed by atoms with Gasteiger partial charge in [-0.1, -0.05) is 12.1 Å². The Hall–Kier alpha value is -1.86. The van der Waals surface area contributed by atoms with E-state index in [1.165, 1.54) is 4.88 Å². The van der Waals surface area contributed by atoms with Gasteiger partial charge in [0.15, 0.2) is 0 Å². The molecule has 0 aliphatic rings. The zero-order chi connectivity index (χ0) is 12.3. The number of benzene rings is 1. The van der Waals surface area contributed by atoms with Crippen molar-refractivity contribution in [3.8, 4) is 6.07 Å². The van der Waals surface area contributed by atoms with Crippen molar-refractivity contribution in [1.82, 2.24) is 4.98 Å². The molecule has 0 aliphatic heterocycles. The first-order valence-corrected chi connectivity index (χ1v) is 6.19. The maximum atomic E-state index is 9.06. The summed E-state index contributed by atoms with van der Waals surface area (Å²) in [4.78, 5) is 7.55. The van der Waals surface area contributed by atoms with Gasteiger partial charge < -0.3 is 4.90 Å². The summed E-state index contributed by atoms with van der Waals surface area (Å²) in [5.41, 5.74) is 4.59. The molecule has 3 nitrogen and oxygen atoms in total. The molecule has 0 bridgehead atoms. The predicted octanol–water partition coefficient (Wildman–Crippen LogP) is 2.96. The molecule has 17 heavy (non-hydrogen) atoms. The molecule has 0 aliphatic carbocycles. The fourth-order valence-electron chi connectivity index (χ4n) is 1.68. The molecule has 1 aromatic heterocycles. The van der Waals surface area contributed by atoms with Crippen LogP contribution in [-0.2, 0) is 6.54 Å². The van der Waals surface area contributed by atoms with Crippen LogP contribution in [0, 0.1) is 18.3 Å². The molecule has 4 heteroatoms. The molecule has 0 amide bonds. The highest BCUT2D eigenvalue weighted by Crippen LogP contribution is 2.22. The molecule has 0 unspecified atom stereocenters. The Bertz CT molecular complexity index is 554. The summed E-state index contributed by atoms with van der Waals surface area (Å²) in [7, 11) is 2.00. The molecule has 0 atom stereocenters. The van der Waals surface area contributed by atoms with Gasteiger partial charge in [0.1, 0.15) is 6.07 Å². The summed E-state index contributed by atoms with van der Waals surface area (Å²) in [6, 6.07) is 9.86. The van der Waals surface area contributed by atoms with Crippen LogP contribution in [0.25, 0.3) is 0 Å². The van der Waals surface area contributed by atoms with Crippen molar-refractivity contribution < 1.29 is 0 Å². The summed E-state index contributed by atoms with van der Waals surface area (Å²) in [6.45, 7) is 2.80. The Kier molecular flexibility index (Phi) is 3.40. The van der Waals surface area contributed by atoms with Gasteiger partial charge in [-0.3, -0.25) is 0 Å². The first-order chi connectivity index (χ1) is 8.22. The third kappa shape index (κ3) is 2.45. The van der Waals surface area contributed by atoms with Crippen LogP contribution in [0.3, 0.4) is 0 Å². The largest absolute Gasteiger partial charge is 0.368 e. The fourth-order valence-corrected chi connectivity index (χ4v) is 2.51. The molecule has 0 N–H and O–H groups in total. The molecule has 2 aromatic rings. The second kappa shape index (κ2) is 4.98. The van der Waals surface area contributed by atoms with Crippen LogP contribution in [-0.4, -0.2) is 12.0 Å². The third-order valence-corrected chi connectivity index (χ3v) is 3.58. The molecular formula is C13H13N3S. The Morgan fingerprint density at radius 2 is 2.18 bits per heavy atom. The molecule has 0 radical (unpaired) electrons. The lowest BCUT2D eigenvalue weighted by atomic mass is 10.2. The number of thiazole rings is 1. The van der Waals surface area contributed by atoms with Crippen molar-refractivity contribution in [2.75, 3.05) is 11.9 Å². The van der Waals surface area contributed by atoms with Crippen LogP contribution >= 0.6 is 11.3 Å². The number of hydrogen-bond donors (Lipinski definition) is 0. The number of rotatable bonds is 3. The highest BCUT2D eigenvalue weighted by atomic mass is 32.1. The van der Waals surface area contributed by atoms with E-state index in [2.05, 4.69) is 16.0 Å². The number of anilines is 1. The smallest absolute Gasteiger partial charge is 0.101 e. The Balaban J connectivity index is 2.24. The Labute approximate surface area is 105 Å². The third-order valence-electron chi connectivity index (χ3n) is 2.66. The molecule has 0 spiro atoms. The summed E-state index contributed by atoms with van der Waals surface area (Å²) >= 11 is 1.65.